The van der Waals surface area contributed by atoms with Gasteiger partial charge in [0.2, 0.25) is 0 Å². The van der Waals surface area contributed by atoms with Crippen LogP contribution < -0.4 is 0 Å². The maximum Gasteiger partial charge on any atom is 0.153 e. The van der Waals surface area contributed by atoms with Gasteiger partial charge in [-0.15, -0.1) is 0 Å². The molecule has 0 saturated heterocycles. The second-order valence-corrected chi connectivity index (χ2v) is 6.61. The summed E-state index contributed by atoms with van der Waals surface area (Å²) in [5.74, 6) is 0. The smallest absolute Gasteiger partial charge is 0.153 e. The number of hydrogen-bond donors (Lipinski definition) is 1. The molecule has 4 rings (SSSR count). The summed E-state index contributed by atoms with van der Waals surface area (Å²) in [7, 11) is 0. The Bertz CT molecular complexity index is 1130. The van der Waals surface area contributed by atoms with Crippen LogP contribution in [0.2, 0.25) is 5.15 Å². The minimum atomic E-state index is 0.431. The fourth-order valence-corrected chi connectivity index (χ4v) is 3.29. The highest BCUT2D eigenvalue weighted by Crippen LogP contribution is 2.24. The lowest BCUT2D eigenvalue weighted by molar-refractivity contribution is 0.807. The molecule has 0 saturated carbocycles. The first-order valence-corrected chi connectivity index (χ1v) is 8.46. The van der Waals surface area contributed by atoms with E-state index in [1.165, 1.54) is 17.3 Å². The highest BCUT2D eigenvalue weighted by atomic mass is 35.5. The van der Waals surface area contributed by atoms with Crippen molar-refractivity contribution < 1.29 is 0 Å². The Balaban J connectivity index is 1.82. The van der Waals surface area contributed by atoms with Gasteiger partial charge in [-0.25, -0.2) is 9.97 Å². The van der Waals surface area contributed by atoms with Crippen molar-refractivity contribution in [2.75, 3.05) is 0 Å². The molecule has 0 aliphatic carbocycles. The van der Waals surface area contributed by atoms with Gasteiger partial charge in [0.15, 0.2) is 5.15 Å². The third-order valence-corrected chi connectivity index (χ3v) is 4.93. The molecule has 0 bridgehead atoms. The zero-order valence-corrected chi connectivity index (χ0v) is 14.8. The lowest BCUT2D eigenvalue weighted by Crippen LogP contribution is -2.03. The number of nitrogens with zero attached hydrogens (tertiary/aromatic N) is 3. The van der Waals surface area contributed by atoms with E-state index in [9.17, 15) is 0 Å². The topological polar surface area (TPSA) is 54.6 Å². The molecule has 4 aromatic rings. The van der Waals surface area contributed by atoms with Crippen LogP contribution in [0.15, 0.2) is 42.6 Å². The van der Waals surface area contributed by atoms with E-state index in [1.54, 1.807) is 0 Å². The monoisotopic (exact) mass is 348 g/mol. The number of hydrogen-bond acceptors (Lipinski definition) is 3. The minimum Gasteiger partial charge on any atom is -0.341 e. The van der Waals surface area contributed by atoms with E-state index in [-0.39, 0.29) is 0 Å². The molecule has 0 amide bonds. The number of halogens is 1. The van der Waals surface area contributed by atoms with Gasteiger partial charge in [0.25, 0.3) is 0 Å². The Morgan fingerprint density at radius 1 is 1.08 bits per heavy atom. The predicted molar refractivity (Wildman–Crippen MR) is 103 cm³/mol. The molecule has 0 atom stereocenters. The van der Waals surface area contributed by atoms with Crippen molar-refractivity contribution in [3.05, 3.63) is 70.1 Å². The molecule has 2 aromatic carbocycles. The van der Waals surface area contributed by atoms with E-state index in [1.807, 2.05) is 36.5 Å². The molecule has 0 aliphatic rings. The summed E-state index contributed by atoms with van der Waals surface area (Å²) in [5.41, 5.74) is 6.75. The van der Waals surface area contributed by atoms with Gasteiger partial charge < -0.3 is 9.98 Å². The largest absolute Gasteiger partial charge is 0.341 e. The molecule has 0 fully saturated rings. The lowest BCUT2D eigenvalue weighted by atomic mass is 10.1. The van der Waals surface area contributed by atoms with Crippen molar-refractivity contribution in [1.29, 1.82) is 5.41 Å². The molecule has 0 aliphatic heterocycles. The van der Waals surface area contributed by atoms with Gasteiger partial charge in [-0.2, -0.15) is 0 Å². The second kappa shape index (κ2) is 5.97. The Kier molecular flexibility index (Phi) is 3.77. The molecule has 0 radical (unpaired) electrons. The number of nitrogens with one attached hydrogen (secondary N) is 1. The van der Waals surface area contributed by atoms with E-state index in [2.05, 4.69) is 29.5 Å². The molecular formula is C20H17ClN4. The number of rotatable bonds is 3. The highest BCUT2D eigenvalue weighted by molar-refractivity contribution is 6.30. The van der Waals surface area contributed by atoms with E-state index in [0.29, 0.717) is 11.7 Å². The molecule has 2 heterocycles. The van der Waals surface area contributed by atoms with Gasteiger partial charge >= 0.3 is 0 Å². The number of fused-ring (bicyclic) bond motifs is 2. The molecular weight excluding hydrogens is 332 g/mol. The molecule has 5 heteroatoms. The summed E-state index contributed by atoms with van der Waals surface area (Å²) in [6.07, 6.45) is 3.38. The van der Waals surface area contributed by atoms with Crippen LogP contribution in [-0.4, -0.2) is 20.7 Å². The van der Waals surface area contributed by atoms with Gasteiger partial charge in [0.05, 0.1) is 23.3 Å². The Morgan fingerprint density at radius 2 is 1.80 bits per heavy atom. The third-order valence-electron chi connectivity index (χ3n) is 4.63. The van der Waals surface area contributed by atoms with Gasteiger partial charge in [-0.1, -0.05) is 23.7 Å². The summed E-state index contributed by atoms with van der Waals surface area (Å²) in [5, 5.41) is 9.02. The summed E-state index contributed by atoms with van der Waals surface area (Å²) in [6.45, 7) is 4.67. The van der Waals surface area contributed by atoms with Crippen LogP contribution in [0.4, 0.5) is 0 Å². The minimum absolute atomic E-state index is 0.431. The first kappa shape index (κ1) is 15.8. The first-order valence-electron chi connectivity index (χ1n) is 8.08. The molecule has 0 unspecified atom stereocenters. The quantitative estimate of drug-likeness (QED) is 0.535. The van der Waals surface area contributed by atoms with Crippen LogP contribution in [0.25, 0.3) is 21.9 Å². The molecule has 25 heavy (non-hydrogen) atoms. The number of benzene rings is 2. The van der Waals surface area contributed by atoms with Crippen molar-refractivity contribution >= 4 is 39.8 Å². The van der Waals surface area contributed by atoms with Crippen molar-refractivity contribution in [3.8, 4) is 0 Å². The average Bonchev–Trinajstić information content (AvgIpc) is 3.00. The fourth-order valence-electron chi connectivity index (χ4n) is 3.10. The number of aromatic nitrogens is 3. The van der Waals surface area contributed by atoms with Crippen molar-refractivity contribution in [2.45, 2.75) is 20.4 Å². The van der Waals surface area contributed by atoms with E-state index < -0.39 is 0 Å². The number of aryl methyl sites for hydroxylation is 2. The molecule has 2 aromatic heterocycles. The normalized spacial score (nSPS) is 11.3. The van der Waals surface area contributed by atoms with Crippen LogP contribution in [0.5, 0.6) is 0 Å². The van der Waals surface area contributed by atoms with Crippen molar-refractivity contribution in [2.24, 2.45) is 0 Å². The van der Waals surface area contributed by atoms with Crippen LogP contribution in [0, 0.1) is 19.3 Å². The van der Waals surface area contributed by atoms with Crippen LogP contribution in [0.1, 0.15) is 22.4 Å². The summed E-state index contributed by atoms with van der Waals surface area (Å²) in [6, 6.07) is 12.0. The summed E-state index contributed by atoms with van der Waals surface area (Å²) < 4.78 is 2.09. The summed E-state index contributed by atoms with van der Waals surface area (Å²) in [4.78, 5) is 9.27. The molecule has 0 spiro atoms. The van der Waals surface area contributed by atoms with Crippen LogP contribution >= 0.6 is 11.6 Å². The second-order valence-electron chi connectivity index (χ2n) is 6.25. The van der Waals surface area contributed by atoms with Crippen molar-refractivity contribution in [3.63, 3.8) is 0 Å². The van der Waals surface area contributed by atoms with Crippen LogP contribution in [-0.2, 0) is 6.54 Å². The molecule has 4 nitrogen and oxygen atoms in total. The average molecular weight is 349 g/mol. The zero-order valence-electron chi connectivity index (χ0n) is 14.0. The van der Waals surface area contributed by atoms with E-state index in [0.717, 1.165) is 33.2 Å². The molecule has 124 valence electrons. The SMILES string of the molecule is Cc1cc2nc(Cl)c(Cn3ccc4c(C=N)cccc43)nc2cc1C. The lowest BCUT2D eigenvalue weighted by Gasteiger charge is -2.09. The highest BCUT2D eigenvalue weighted by Gasteiger charge is 2.11. The maximum atomic E-state index is 7.54. The van der Waals surface area contributed by atoms with Gasteiger partial charge in [-0.05, 0) is 49.2 Å². The van der Waals surface area contributed by atoms with Crippen molar-refractivity contribution in [1.82, 2.24) is 14.5 Å². The summed E-state index contributed by atoms with van der Waals surface area (Å²) >= 11 is 6.40. The first-order chi connectivity index (χ1) is 12.1. The fraction of sp³-hybridized carbons (Fsp3) is 0.150. The Hall–Kier alpha value is -2.72. The third kappa shape index (κ3) is 2.68. The predicted octanol–water partition coefficient (Wildman–Crippen LogP) is 4.90. The maximum absolute atomic E-state index is 7.54. The van der Waals surface area contributed by atoms with Gasteiger partial charge in [0, 0.05) is 28.9 Å². The Morgan fingerprint density at radius 3 is 2.52 bits per heavy atom. The van der Waals surface area contributed by atoms with Gasteiger partial charge in [-0.3, -0.25) is 0 Å². The van der Waals surface area contributed by atoms with Gasteiger partial charge in [0.1, 0.15) is 0 Å². The molecule has 1 N–H and O–H groups in total. The van der Waals surface area contributed by atoms with E-state index in [4.69, 9.17) is 22.0 Å². The standard InChI is InChI=1S/C20H17ClN4/c1-12-8-16-17(9-13(12)2)24-20(21)18(23-16)11-25-7-6-15-14(10-22)4-3-5-19(15)25/h3-10,22H,11H2,1-2H3. The van der Waals surface area contributed by atoms with E-state index >= 15 is 0 Å². The zero-order chi connectivity index (χ0) is 17.6. The Labute approximate surface area is 150 Å². The van der Waals surface area contributed by atoms with Crippen LogP contribution in [0.3, 0.4) is 0 Å².